The summed E-state index contributed by atoms with van der Waals surface area (Å²) < 4.78 is 19.8. The monoisotopic (exact) mass is 343 g/mol. The Hall–Kier alpha value is -1.10. The van der Waals surface area contributed by atoms with Crippen LogP contribution in [0.2, 0.25) is 5.02 Å². The topological polar surface area (TPSA) is 35.2 Å². The fourth-order valence-corrected chi connectivity index (χ4v) is 2.40. The number of halogens is 3. The van der Waals surface area contributed by atoms with Crippen molar-refractivity contribution in [3.05, 3.63) is 62.8 Å². The summed E-state index contributed by atoms with van der Waals surface area (Å²) in [6.45, 7) is 0.538. The number of hydrogen-bond acceptors (Lipinski definition) is 2. The molecule has 5 heteroatoms. The number of benzene rings is 2. The second-order valence-electron chi connectivity index (χ2n) is 4.04. The molecule has 0 saturated heterocycles. The molecule has 2 nitrogen and oxygen atoms in total. The van der Waals surface area contributed by atoms with Crippen LogP contribution in [-0.2, 0) is 13.2 Å². The molecule has 2 aromatic rings. The molecule has 0 atom stereocenters. The summed E-state index contributed by atoms with van der Waals surface area (Å²) in [7, 11) is 0. The average Bonchev–Trinajstić information content (AvgIpc) is 2.37. The van der Waals surface area contributed by atoms with Gasteiger partial charge >= 0.3 is 0 Å². The maximum atomic E-state index is 13.3. The van der Waals surface area contributed by atoms with Crippen molar-refractivity contribution in [3.8, 4) is 5.75 Å². The first-order valence-corrected chi connectivity index (χ1v) is 6.82. The SMILES string of the molecule is NCc1cc(F)cc(COc2ccc(Br)cc2Cl)c1. The van der Waals surface area contributed by atoms with Crippen LogP contribution in [-0.4, -0.2) is 0 Å². The van der Waals surface area contributed by atoms with Crippen molar-refractivity contribution in [2.24, 2.45) is 5.73 Å². The second kappa shape index (κ2) is 6.37. The van der Waals surface area contributed by atoms with Gasteiger partial charge in [-0.25, -0.2) is 4.39 Å². The third-order valence-electron chi connectivity index (χ3n) is 2.54. The highest BCUT2D eigenvalue weighted by molar-refractivity contribution is 9.10. The van der Waals surface area contributed by atoms with Crippen LogP contribution < -0.4 is 10.5 Å². The lowest BCUT2D eigenvalue weighted by atomic mass is 10.1. The van der Waals surface area contributed by atoms with Crippen LogP contribution in [0, 0.1) is 5.82 Å². The van der Waals surface area contributed by atoms with E-state index in [0.717, 1.165) is 15.6 Å². The fraction of sp³-hybridized carbons (Fsp3) is 0.143. The molecule has 0 radical (unpaired) electrons. The maximum Gasteiger partial charge on any atom is 0.138 e. The summed E-state index contributed by atoms with van der Waals surface area (Å²) in [5.74, 6) is 0.242. The smallest absolute Gasteiger partial charge is 0.138 e. The van der Waals surface area contributed by atoms with Gasteiger partial charge in [-0.1, -0.05) is 33.6 Å². The average molecular weight is 345 g/mol. The van der Waals surface area contributed by atoms with Gasteiger partial charge in [-0.15, -0.1) is 0 Å². The van der Waals surface area contributed by atoms with Gasteiger partial charge in [0.1, 0.15) is 18.2 Å². The van der Waals surface area contributed by atoms with Gasteiger partial charge in [0.25, 0.3) is 0 Å². The molecule has 0 unspecified atom stereocenters. The molecule has 0 aliphatic carbocycles. The van der Waals surface area contributed by atoms with Crippen LogP contribution in [0.3, 0.4) is 0 Å². The van der Waals surface area contributed by atoms with Gasteiger partial charge in [-0.3, -0.25) is 0 Å². The van der Waals surface area contributed by atoms with E-state index in [9.17, 15) is 4.39 Å². The lowest BCUT2D eigenvalue weighted by molar-refractivity contribution is 0.305. The largest absolute Gasteiger partial charge is 0.487 e. The molecule has 0 aliphatic rings. The molecule has 2 N–H and O–H groups in total. The van der Waals surface area contributed by atoms with E-state index in [-0.39, 0.29) is 12.4 Å². The quantitative estimate of drug-likeness (QED) is 0.898. The highest BCUT2D eigenvalue weighted by Gasteiger charge is 2.04. The molecular formula is C14H12BrClFNO. The molecule has 2 rings (SSSR count). The highest BCUT2D eigenvalue weighted by atomic mass is 79.9. The van der Waals surface area contributed by atoms with Gasteiger partial charge in [0.05, 0.1) is 5.02 Å². The minimum atomic E-state index is -0.316. The molecule has 0 bridgehead atoms. The van der Waals surface area contributed by atoms with Crippen molar-refractivity contribution in [3.63, 3.8) is 0 Å². The summed E-state index contributed by atoms with van der Waals surface area (Å²) in [4.78, 5) is 0. The Labute approximate surface area is 124 Å². The van der Waals surface area contributed by atoms with Gasteiger partial charge in [-0.2, -0.15) is 0 Å². The number of nitrogens with two attached hydrogens (primary N) is 1. The summed E-state index contributed by atoms with van der Waals surface area (Å²) in [6, 6.07) is 9.99. The Morgan fingerprint density at radius 1 is 1.16 bits per heavy atom. The fourth-order valence-electron chi connectivity index (χ4n) is 1.67. The zero-order chi connectivity index (χ0) is 13.8. The minimum Gasteiger partial charge on any atom is -0.487 e. The van der Waals surface area contributed by atoms with Crippen molar-refractivity contribution >= 4 is 27.5 Å². The summed E-state index contributed by atoms with van der Waals surface area (Å²) >= 11 is 9.35. The Bertz CT molecular complexity index is 592. The Morgan fingerprint density at radius 3 is 2.58 bits per heavy atom. The minimum absolute atomic E-state index is 0.242. The van der Waals surface area contributed by atoms with Gasteiger partial charge in [0.15, 0.2) is 0 Å². The van der Waals surface area contributed by atoms with Crippen molar-refractivity contribution in [1.29, 1.82) is 0 Å². The van der Waals surface area contributed by atoms with Crippen LogP contribution in [0.15, 0.2) is 40.9 Å². The van der Waals surface area contributed by atoms with Gasteiger partial charge in [0.2, 0.25) is 0 Å². The lowest BCUT2D eigenvalue weighted by Gasteiger charge is -2.09. The van der Waals surface area contributed by atoms with Crippen LogP contribution in [0.5, 0.6) is 5.75 Å². The van der Waals surface area contributed by atoms with Crippen molar-refractivity contribution < 1.29 is 9.13 Å². The normalized spacial score (nSPS) is 10.5. The van der Waals surface area contributed by atoms with E-state index in [2.05, 4.69) is 15.9 Å². The Balaban J connectivity index is 2.12. The van der Waals surface area contributed by atoms with E-state index >= 15 is 0 Å². The Morgan fingerprint density at radius 2 is 1.89 bits per heavy atom. The maximum absolute atomic E-state index is 13.3. The van der Waals surface area contributed by atoms with Crippen molar-refractivity contribution in [2.45, 2.75) is 13.2 Å². The molecule has 0 amide bonds. The summed E-state index contributed by atoms with van der Waals surface area (Å²) in [5, 5.41) is 0.504. The molecule has 2 aromatic carbocycles. The molecule has 100 valence electrons. The molecular weight excluding hydrogens is 333 g/mol. The number of rotatable bonds is 4. The predicted octanol–water partition coefficient (Wildman–Crippen LogP) is 4.28. The predicted molar refractivity (Wildman–Crippen MR) is 77.8 cm³/mol. The van der Waals surface area contributed by atoms with Gasteiger partial charge < -0.3 is 10.5 Å². The van der Waals surface area contributed by atoms with E-state index in [1.165, 1.54) is 12.1 Å². The first kappa shape index (κ1) is 14.3. The van der Waals surface area contributed by atoms with E-state index in [0.29, 0.717) is 17.3 Å². The lowest BCUT2D eigenvalue weighted by Crippen LogP contribution is -2.01. The van der Waals surface area contributed by atoms with Crippen LogP contribution in [0.25, 0.3) is 0 Å². The van der Waals surface area contributed by atoms with Crippen molar-refractivity contribution in [2.75, 3.05) is 0 Å². The molecule has 0 spiro atoms. The van der Waals surface area contributed by atoms with Crippen LogP contribution in [0.4, 0.5) is 4.39 Å². The van der Waals surface area contributed by atoms with Crippen LogP contribution in [0.1, 0.15) is 11.1 Å². The molecule has 0 fully saturated rings. The number of hydrogen-bond donors (Lipinski definition) is 1. The third kappa shape index (κ3) is 3.93. The van der Waals surface area contributed by atoms with E-state index < -0.39 is 0 Å². The number of ether oxygens (including phenoxy) is 1. The molecule has 0 heterocycles. The first-order valence-electron chi connectivity index (χ1n) is 5.65. The van der Waals surface area contributed by atoms with Gasteiger partial charge in [0, 0.05) is 11.0 Å². The van der Waals surface area contributed by atoms with Gasteiger partial charge in [-0.05, 0) is 41.5 Å². The second-order valence-corrected chi connectivity index (χ2v) is 5.36. The molecule has 19 heavy (non-hydrogen) atoms. The zero-order valence-electron chi connectivity index (χ0n) is 10.00. The highest BCUT2D eigenvalue weighted by Crippen LogP contribution is 2.28. The van der Waals surface area contributed by atoms with E-state index in [1.807, 2.05) is 12.1 Å². The zero-order valence-corrected chi connectivity index (χ0v) is 12.3. The summed E-state index contributed by atoms with van der Waals surface area (Å²) in [6.07, 6.45) is 0. The standard InChI is InChI=1S/C14H12BrClFNO/c15-11-1-2-14(13(16)6-11)19-8-10-3-9(7-18)4-12(17)5-10/h1-6H,7-8,18H2. The Kier molecular flexibility index (Phi) is 4.80. The van der Waals surface area contributed by atoms with Crippen molar-refractivity contribution in [1.82, 2.24) is 0 Å². The van der Waals surface area contributed by atoms with Crippen LogP contribution >= 0.6 is 27.5 Å². The first-order chi connectivity index (χ1) is 9.08. The van der Waals surface area contributed by atoms with E-state index in [1.54, 1.807) is 12.1 Å². The van der Waals surface area contributed by atoms with E-state index in [4.69, 9.17) is 22.1 Å². The molecule has 0 saturated carbocycles. The molecule has 0 aromatic heterocycles. The third-order valence-corrected chi connectivity index (χ3v) is 3.33. The molecule has 0 aliphatic heterocycles. The summed E-state index contributed by atoms with van der Waals surface area (Å²) in [5.41, 5.74) is 6.96.